The number of rotatable bonds is 3. The summed E-state index contributed by atoms with van der Waals surface area (Å²) < 4.78 is 13.5. The molecule has 1 aromatic heterocycles. The van der Waals surface area contributed by atoms with Crippen LogP contribution in [0.1, 0.15) is 28.3 Å². The Balaban J connectivity index is 2.15. The van der Waals surface area contributed by atoms with Crippen LogP contribution in [-0.2, 0) is 0 Å². The van der Waals surface area contributed by atoms with Gasteiger partial charge in [-0.05, 0) is 35.0 Å². The van der Waals surface area contributed by atoms with Gasteiger partial charge in [-0.15, -0.1) is 11.3 Å². The van der Waals surface area contributed by atoms with Gasteiger partial charge in [0.05, 0.1) is 16.1 Å². The van der Waals surface area contributed by atoms with Gasteiger partial charge in [0.25, 0.3) is 5.91 Å². The molecule has 0 bridgehead atoms. The van der Waals surface area contributed by atoms with E-state index < -0.39 is 5.82 Å². The number of halogens is 2. The number of nitrogens with one attached hydrogen (secondary N) is 1. The van der Waals surface area contributed by atoms with E-state index in [1.165, 1.54) is 23.5 Å². The number of thiazole rings is 1. The average molecular weight is 329 g/mol. The topological polar surface area (TPSA) is 42.0 Å². The van der Waals surface area contributed by atoms with Gasteiger partial charge in [0.1, 0.15) is 10.8 Å². The van der Waals surface area contributed by atoms with Crippen LogP contribution in [0.4, 0.5) is 4.39 Å². The Labute approximate surface area is 116 Å². The van der Waals surface area contributed by atoms with Crippen molar-refractivity contribution in [3.05, 3.63) is 50.6 Å². The van der Waals surface area contributed by atoms with Crippen molar-refractivity contribution in [2.45, 2.75) is 13.0 Å². The van der Waals surface area contributed by atoms with Crippen molar-refractivity contribution < 1.29 is 9.18 Å². The third kappa shape index (κ3) is 2.76. The molecule has 1 N–H and O–H groups in total. The van der Waals surface area contributed by atoms with Crippen LogP contribution in [0.25, 0.3) is 0 Å². The Morgan fingerprint density at radius 2 is 2.33 bits per heavy atom. The van der Waals surface area contributed by atoms with Gasteiger partial charge in [-0.3, -0.25) is 4.79 Å². The van der Waals surface area contributed by atoms with Gasteiger partial charge in [0.2, 0.25) is 0 Å². The zero-order valence-electron chi connectivity index (χ0n) is 9.48. The normalized spacial score (nSPS) is 12.2. The minimum atomic E-state index is -0.454. The fourth-order valence-electron chi connectivity index (χ4n) is 1.46. The minimum Gasteiger partial charge on any atom is -0.343 e. The number of benzene rings is 1. The number of hydrogen-bond acceptors (Lipinski definition) is 3. The van der Waals surface area contributed by atoms with Gasteiger partial charge >= 0.3 is 0 Å². The molecule has 94 valence electrons. The van der Waals surface area contributed by atoms with Crippen LogP contribution >= 0.6 is 27.3 Å². The lowest BCUT2D eigenvalue weighted by Crippen LogP contribution is -2.27. The maximum Gasteiger partial charge on any atom is 0.253 e. The standard InChI is InChI=1S/C12H10BrFN2OS/c1-7(12-15-5-6-18-12)16-11(17)8-3-2-4-9(14)10(8)13/h2-7H,1H3,(H,16,17). The zero-order chi connectivity index (χ0) is 13.1. The highest BCUT2D eigenvalue weighted by atomic mass is 79.9. The van der Waals surface area contributed by atoms with Crippen LogP contribution in [0, 0.1) is 5.82 Å². The Morgan fingerprint density at radius 3 is 3.00 bits per heavy atom. The second-order valence-corrected chi connectivity index (χ2v) is 5.39. The zero-order valence-corrected chi connectivity index (χ0v) is 11.9. The molecule has 1 atom stereocenters. The second kappa shape index (κ2) is 5.58. The number of amides is 1. The summed E-state index contributed by atoms with van der Waals surface area (Å²) in [5.74, 6) is -0.784. The first-order valence-electron chi connectivity index (χ1n) is 5.24. The minimum absolute atomic E-state index is 0.175. The van der Waals surface area contributed by atoms with Crippen LogP contribution in [0.5, 0.6) is 0 Å². The predicted molar refractivity (Wildman–Crippen MR) is 72.1 cm³/mol. The summed E-state index contributed by atoms with van der Waals surface area (Å²) in [7, 11) is 0. The van der Waals surface area contributed by atoms with E-state index in [4.69, 9.17) is 0 Å². The third-order valence-corrected chi connectivity index (χ3v) is 4.13. The molecule has 6 heteroatoms. The van der Waals surface area contributed by atoms with Crippen molar-refractivity contribution >= 4 is 33.2 Å². The summed E-state index contributed by atoms with van der Waals surface area (Å²) in [5.41, 5.74) is 0.276. The molecule has 0 spiro atoms. The summed E-state index contributed by atoms with van der Waals surface area (Å²) in [6.45, 7) is 1.84. The SMILES string of the molecule is CC(NC(=O)c1cccc(F)c1Br)c1nccs1. The monoisotopic (exact) mass is 328 g/mol. The van der Waals surface area contributed by atoms with E-state index in [1.54, 1.807) is 12.3 Å². The van der Waals surface area contributed by atoms with Crippen molar-refractivity contribution in [1.82, 2.24) is 10.3 Å². The van der Waals surface area contributed by atoms with E-state index in [2.05, 4.69) is 26.2 Å². The van der Waals surface area contributed by atoms with Crippen LogP contribution in [-0.4, -0.2) is 10.9 Å². The molecule has 3 nitrogen and oxygen atoms in total. The summed E-state index contributed by atoms with van der Waals surface area (Å²) >= 11 is 4.53. The molecule has 18 heavy (non-hydrogen) atoms. The smallest absolute Gasteiger partial charge is 0.253 e. The molecule has 0 saturated carbocycles. The van der Waals surface area contributed by atoms with Crippen LogP contribution < -0.4 is 5.32 Å². The first-order valence-corrected chi connectivity index (χ1v) is 6.91. The lowest BCUT2D eigenvalue weighted by atomic mass is 10.2. The summed E-state index contributed by atoms with van der Waals surface area (Å²) in [4.78, 5) is 16.1. The van der Waals surface area contributed by atoms with Crippen molar-refractivity contribution in [2.75, 3.05) is 0 Å². The van der Waals surface area contributed by atoms with E-state index in [9.17, 15) is 9.18 Å². The summed E-state index contributed by atoms with van der Waals surface area (Å²) in [6.07, 6.45) is 1.68. The Kier molecular flexibility index (Phi) is 4.08. The number of carbonyl (C=O) groups excluding carboxylic acids is 1. The first-order chi connectivity index (χ1) is 8.59. The molecule has 0 fully saturated rings. The van der Waals surface area contributed by atoms with Crippen molar-refractivity contribution in [1.29, 1.82) is 0 Å². The van der Waals surface area contributed by atoms with Gasteiger partial charge < -0.3 is 5.32 Å². The van der Waals surface area contributed by atoms with Crippen molar-refractivity contribution in [2.24, 2.45) is 0 Å². The third-order valence-electron chi connectivity index (χ3n) is 2.37. The van der Waals surface area contributed by atoms with Crippen molar-refractivity contribution in [3.63, 3.8) is 0 Å². The highest BCUT2D eigenvalue weighted by Gasteiger charge is 2.16. The molecule has 0 radical (unpaired) electrons. The van der Waals surface area contributed by atoms with E-state index in [-0.39, 0.29) is 22.0 Å². The highest BCUT2D eigenvalue weighted by molar-refractivity contribution is 9.10. The van der Waals surface area contributed by atoms with Crippen LogP contribution in [0.15, 0.2) is 34.2 Å². The molecule has 0 aliphatic heterocycles. The molecular formula is C12H10BrFN2OS. The van der Waals surface area contributed by atoms with E-state index in [1.807, 2.05) is 12.3 Å². The number of hydrogen-bond donors (Lipinski definition) is 1. The van der Waals surface area contributed by atoms with Crippen molar-refractivity contribution in [3.8, 4) is 0 Å². The number of carbonyl (C=O) groups is 1. The largest absolute Gasteiger partial charge is 0.343 e. The molecule has 0 saturated heterocycles. The average Bonchev–Trinajstić information content (AvgIpc) is 2.86. The maximum atomic E-state index is 13.3. The predicted octanol–water partition coefficient (Wildman–Crippen LogP) is 3.54. The summed E-state index contributed by atoms with van der Waals surface area (Å²) in [5, 5.41) is 5.44. The Hall–Kier alpha value is -1.27. The van der Waals surface area contributed by atoms with Gasteiger partial charge in [0, 0.05) is 11.6 Å². The number of aromatic nitrogens is 1. The fourth-order valence-corrected chi connectivity index (χ4v) is 2.55. The molecule has 1 unspecified atom stereocenters. The molecule has 1 amide bonds. The van der Waals surface area contributed by atoms with Gasteiger partial charge in [-0.1, -0.05) is 6.07 Å². The van der Waals surface area contributed by atoms with Gasteiger partial charge in [-0.25, -0.2) is 9.37 Å². The molecule has 0 aliphatic carbocycles. The fraction of sp³-hybridized carbons (Fsp3) is 0.167. The quantitative estimate of drug-likeness (QED) is 0.936. The molecule has 2 rings (SSSR count). The van der Waals surface area contributed by atoms with E-state index >= 15 is 0 Å². The number of nitrogens with zero attached hydrogens (tertiary/aromatic N) is 1. The molecule has 2 aromatic rings. The second-order valence-electron chi connectivity index (χ2n) is 3.67. The van der Waals surface area contributed by atoms with E-state index in [0.29, 0.717) is 0 Å². The molecular weight excluding hydrogens is 319 g/mol. The first kappa shape index (κ1) is 13.2. The lowest BCUT2D eigenvalue weighted by molar-refractivity contribution is 0.0938. The van der Waals surface area contributed by atoms with Gasteiger partial charge in [-0.2, -0.15) is 0 Å². The van der Waals surface area contributed by atoms with E-state index in [0.717, 1.165) is 5.01 Å². The lowest BCUT2D eigenvalue weighted by Gasteiger charge is -2.12. The maximum absolute atomic E-state index is 13.3. The summed E-state index contributed by atoms with van der Waals surface area (Å²) in [6, 6.07) is 4.17. The molecule has 1 heterocycles. The van der Waals surface area contributed by atoms with Crippen LogP contribution in [0.3, 0.4) is 0 Å². The molecule has 1 aromatic carbocycles. The molecule has 0 aliphatic rings. The van der Waals surface area contributed by atoms with Crippen LogP contribution in [0.2, 0.25) is 0 Å². The Bertz CT molecular complexity index is 559. The highest BCUT2D eigenvalue weighted by Crippen LogP contribution is 2.22. The Morgan fingerprint density at radius 1 is 1.56 bits per heavy atom. The van der Waals surface area contributed by atoms with Gasteiger partial charge in [0.15, 0.2) is 0 Å².